The van der Waals surface area contributed by atoms with E-state index in [0.29, 0.717) is 12.2 Å². The van der Waals surface area contributed by atoms with E-state index >= 15 is 0 Å². The van der Waals surface area contributed by atoms with Gasteiger partial charge in [-0.3, -0.25) is 0 Å². The maximum absolute atomic E-state index is 12.9. The van der Waals surface area contributed by atoms with Gasteiger partial charge < -0.3 is 25.8 Å². The number of sulfonamides is 1. The lowest BCUT2D eigenvalue weighted by Gasteiger charge is -2.18. The number of carbonyl (C=O) groups is 2. The van der Waals surface area contributed by atoms with Crippen molar-refractivity contribution >= 4 is 51.1 Å². The normalized spacial score (nSPS) is 12.3. The van der Waals surface area contributed by atoms with Crippen LogP contribution in [0.5, 0.6) is 5.75 Å². The van der Waals surface area contributed by atoms with E-state index < -0.39 is 45.5 Å². The summed E-state index contributed by atoms with van der Waals surface area (Å²) in [6.07, 6.45) is -5.55. The van der Waals surface area contributed by atoms with Crippen LogP contribution in [-0.4, -0.2) is 51.7 Å². The van der Waals surface area contributed by atoms with E-state index in [1.165, 1.54) is 36.4 Å². The Kier molecular flexibility index (Phi) is 11.0. The zero-order chi connectivity index (χ0) is 28.5. The van der Waals surface area contributed by atoms with Gasteiger partial charge in [-0.05, 0) is 47.5 Å². The van der Waals surface area contributed by atoms with E-state index in [1.807, 2.05) is 4.72 Å². The van der Waals surface area contributed by atoms with Crippen LogP contribution in [0, 0.1) is 0 Å². The van der Waals surface area contributed by atoms with Gasteiger partial charge >= 0.3 is 18.1 Å². The Balaban J connectivity index is 2.17. The molecule has 2 rings (SSSR count). The lowest BCUT2D eigenvalue weighted by molar-refractivity contribution is -0.202. The SMILES string of the molecule is NC(N)=NOCCCOc1ccc(C[C@H](NS(=O)(=O)c2cc(Cl)ccc2Cl)C(=O)OC(=O)C(F)(F)F)cc1. The number of oxime groups is 1. The first kappa shape index (κ1) is 31.0. The second-order valence-corrected chi connectivity index (χ2v) is 9.88. The van der Waals surface area contributed by atoms with Crippen molar-refractivity contribution in [3.8, 4) is 5.75 Å². The van der Waals surface area contributed by atoms with Crippen molar-refractivity contribution in [1.29, 1.82) is 0 Å². The van der Waals surface area contributed by atoms with Crippen molar-refractivity contribution in [2.24, 2.45) is 16.6 Å². The maximum atomic E-state index is 12.9. The summed E-state index contributed by atoms with van der Waals surface area (Å²) in [5.74, 6) is -4.44. The average molecular weight is 601 g/mol. The number of rotatable bonds is 12. The highest BCUT2D eigenvalue weighted by atomic mass is 35.5. The third-order valence-electron chi connectivity index (χ3n) is 4.37. The quantitative estimate of drug-likeness (QED) is 0.0825. The first-order chi connectivity index (χ1) is 17.7. The molecule has 0 bridgehead atoms. The largest absolute Gasteiger partial charge is 0.493 e. The van der Waals surface area contributed by atoms with Crippen LogP contribution in [0.2, 0.25) is 10.0 Å². The van der Waals surface area contributed by atoms with Crippen LogP contribution < -0.4 is 20.9 Å². The lowest BCUT2D eigenvalue weighted by Crippen LogP contribution is -2.45. The van der Waals surface area contributed by atoms with Gasteiger partial charge in [-0.2, -0.15) is 17.9 Å². The highest BCUT2D eigenvalue weighted by Crippen LogP contribution is 2.26. The minimum Gasteiger partial charge on any atom is -0.493 e. The van der Waals surface area contributed by atoms with Crippen molar-refractivity contribution < 1.29 is 45.5 Å². The van der Waals surface area contributed by atoms with Crippen LogP contribution in [0.15, 0.2) is 52.5 Å². The third kappa shape index (κ3) is 9.89. The average Bonchev–Trinajstić information content (AvgIpc) is 2.82. The molecule has 38 heavy (non-hydrogen) atoms. The Bertz CT molecular complexity index is 1270. The van der Waals surface area contributed by atoms with Crippen LogP contribution >= 0.6 is 23.2 Å². The molecule has 0 saturated heterocycles. The summed E-state index contributed by atoms with van der Waals surface area (Å²) in [4.78, 5) is 27.9. The molecule has 2 aromatic rings. The fourth-order valence-electron chi connectivity index (χ4n) is 2.72. The number of benzene rings is 2. The zero-order valence-corrected chi connectivity index (χ0v) is 21.5. The summed E-state index contributed by atoms with van der Waals surface area (Å²) in [5.41, 5.74) is 10.5. The van der Waals surface area contributed by atoms with E-state index in [0.717, 1.165) is 6.07 Å². The zero-order valence-electron chi connectivity index (χ0n) is 19.2. The fraction of sp³-hybridized carbons (Fsp3) is 0.286. The van der Waals surface area contributed by atoms with Gasteiger partial charge in [0.05, 0.1) is 11.6 Å². The van der Waals surface area contributed by atoms with E-state index in [-0.39, 0.29) is 34.8 Å². The molecule has 0 heterocycles. The lowest BCUT2D eigenvalue weighted by atomic mass is 10.1. The van der Waals surface area contributed by atoms with Crippen LogP contribution in [0.3, 0.4) is 0 Å². The molecule has 0 spiro atoms. The van der Waals surface area contributed by atoms with Crippen LogP contribution in [0.4, 0.5) is 13.2 Å². The first-order valence-electron chi connectivity index (χ1n) is 10.4. The van der Waals surface area contributed by atoms with Gasteiger partial charge in [-0.25, -0.2) is 18.0 Å². The first-order valence-corrected chi connectivity index (χ1v) is 12.7. The Labute approximate surface area is 224 Å². The number of ether oxygens (including phenoxy) is 2. The van der Waals surface area contributed by atoms with E-state index in [2.05, 4.69) is 9.89 Å². The number of guanidine groups is 1. The summed E-state index contributed by atoms with van der Waals surface area (Å²) in [6.45, 7) is 0.390. The van der Waals surface area contributed by atoms with Gasteiger partial charge in [0.1, 0.15) is 23.3 Å². The molecule has 17 heteroatoms. The number of nitrogens with two attached hydrogens (primary N) is 2. The van der Waals surface area contributed by atoms with Crippen molar-refractivity contribution in [1.82, 2.24) is 4.72 Å². The summed E-state index contributed by atoms with van der Waals surface area (Å²) in [5, 5.41) is 3.05. The van der Waals surface area contributed by atoms with Gasteiger partial charge in [0, 0.05) is 11.4 Å². The Hall–Kier alpha value is -3.27. The number of hydrogen-bond donors (Lipinski definition) is 3. The number of alkyl halides is 3. The number of nitrogens with zero attached hydrogens (tertiary/aromatic N) is 1. The number of nitrogens with one attached hydrogen (secondary N) is 1. The molecule has 0 saturated carbocycles. The third-order valence-corrected chi connectivity index (χ3v) is 6.56. The molecule has 5 N–H and O–H groups in total. The monoisotopic (exact) mass is 600 g/mol. The molecule has 1 atom stereocenters. The fourth-order valence-corrected chi connectivity index (χ4v) is 4.67. The highest BCUT2D eigenvalue weighted by Gasteiger charge is 2.44. The van der Waals surface area contributed by atoms with Gasteiger partial charge in [-0.1, -0.05) is 35.3 Å². The molecule has 0 amide bonds. The Morgan fingerprint density at radius 3 is 2.32 bits per heavy atom. The standard InChI is InChI=1S/C21H21Cl2F3N4O7S/c22-13-4-7-15(23)17(11-13)38(33,34)30-16(18(31)37-19(32)21(24,25)26)10-12-2-5-14(6-3-12)35-8-1-9-36-29-20(27)28/h2-7,11,16,30H,1,8-10H2,(H4,27,28,29)/t16-/m0/s1. The molecular formula is C21H21Cl2F3N4O7S. The van der Waals surface area contributed by atoms with Crippen LogP contribution in [0.1, 0.15) is 12.0 Å². The molecular weight excluding hydrogens is 580 g/mol. The Morgan fingerprint density at radius 1 is 1.05 bits per heavy atom. The minimum atomic E-state index is -5.48. The van der Waals surface area contributed by atoms with Crippen molar-refractivity contribution in [2.75, 3.05) is 13.2 Å². The number of esters is 2. The summed E-state index contributed by atoms with van der Waals surface area (Å²) in [7, 11) is -4.60. The minimum absolute atomic E-state index is 0.0143. The van der Waals surface area contributed by atoms with Crippen LogP contribution in [-0.2, 0) is 35.6 Å². The molecule has 0 radical (unpaired) electrons. The Morgan fingerprint density at radius 2 is 1.71 bits per heavy atom. The summed E-state index contributed by atoms with van der Waals surface area (Å²) in [6, 6.07) is 7.30. The van der Waals surface area contributed by atoms with Crippen molar-refractivity contribution in [2.45, 2.75) is 30.0 Å². The molecule has 0 unspecified atom stereocenters. The van der Waals surface area contributed by atoms with Gasteiger partial charge in [0.2, 0.25) is 16.0 Å². The molecule has 2 aromatic carbocycles. The predicted octanol–water partition coefficient (Wildman–Crippen LogP) is 2.49. The van der Waals surface area contributed by atoms with Gasteiger partial charge in [0.25, 0.3) is 0 Å². The molecule has 11 nitrogen and oxygen atoms in total. The van der Waals surface area contributed by atoms with Crippen LogP contribution in [0.25, 0.3) is 0 Å². The van der Waals surface area contributed by atoms with E-state index in [9.17, 15) is 31.2 Å². The molecule has 0 aliphatic heterocycles. The maximum Gasteiger partial charge on any atom is 0.491 e. The van der Waals surface area contributed by atoms with Gasteiger partial charge in [0.15, 0.2) is 0 Å². The van der Waals surface area contributed by atoms with Gasteiger partial charge in [-0.15, -0.1) is 0 Å². The predicted molar refractivity (Wildman–Crippen MR) is 130 cm³/mol. The molecule has 0 aliphatic carbocycles. The summed E-state index contributed by atoms with van der Waals surface area (Å²) >= 11 is 11.7. The number of hydrogen-bond acceptors (Lipinski definition) is 8. The number of halogens is 5. The van der Waals surface area contributed by atoms with Crippen molar-refractivity contribution in [3.05, 3.63) is 58.1 Å². The van der Waals surface area contributed by atoms with E-state index in [1.54, 1.807) is 0 Å². The molecule has 0 fully saturated rings. The second kappa shape index (κ2) is 13.5. The van der Waals surface area contributed by atoms with Crippen molar-refractivity contribution in [3.63, 3.8) is 0 Å². The molecule has 208 valence electrons. The molecule has 0 aliphatic rings. The smallest absolute Gasteiger partial charge is 0.491 e. The molecule has 0 aromatic heterocycles. The second-order valence-electron chi connectivity index (χ2n) is 7.35. The van der Waals surface area contributed by atoms with E-state index in [4.69, 9.17) is 44.2 Å². The summed E-state index contributed by atoms with van der Waals surface area (Å²) < 4.78 is 74.8. The number of carbonyl (C=O) groups excluding carboxylic acids is 2. The highest BCUT2D eigenvalue weighted by molar-refractivity contribution is 7.89. The topological polar surface area (TPSA) is 172 Å².